The van der Waals surface area contributed by atoms with E-state index in [9.17, 15) is 19.2 Å². The summed E-state index contributed by atoms with van der Waals surface area (Å²) in [5.74, 6) is -0.806. The lowest BCUT2D eigenvalue weighted by Gasteiger charge is -2.07. The molecule has 4 amide bonds. The first-order chi connectivity index (χ1) is 11.4. The molecule has 0 saturated carbocycles. The molecule has 4 N–H and O–H groups in total. The number of benzene rings is 1. The SMILES string of the molecule is [2H]C(=O)NCCNC(=O)c1ccc(C(=O)NCCNC(C)=O)cc1. The number of hydrogen-bond acceptors (Lipinski definition) is 4. The summed E-state index contributed by atoms with van der Waals surface area (Å²) in [7, 11) is 0. The molecule has 0 spiro atoms. The quantitative estimate of drug-likeness (QED) is 0.364. The van der Waals surface area contributed by atoms with E-state index >= 15 is 0 Å². The Kier molecular flexibility index (Phi) is 7.11. The third-order valence-electron chi connectivity index (χ3n) is 2.80. The van der Waals surface area contributed by atoms with Crippen molar-refractivity contribution in [3.05, 3.63) is 35.4 Å². The topological polar surface area (TPSA) is 116 Å². The number of carbonyl (C=O) groups is 4. The number of amides is 4. The average Bonchev–Trinajstić information content (AvgIpc) is 2.55. The van der Waals surface area contributed by atoms with Crippen LogP contribution in [-0.4, -0.2) is 50.3 Å². The zero-order chi connectivity index (χ0) is 17.9. The van der Waals surface area contributed by atoms with E-state index in [-0.39, 0.29) is 30.8 Å². The van der Waals surface area contributed by atoms with Gasteiger partial charge in [-0.15, -0.1) is 0 Å². The molecule has 0 fully saturated rings. The largest absolute Gasteiger partial charge is 0.357 e. The summed E-state index contributed by atoms with van der Waals surface area (Å²) in [6, 6.07) is 6.07. The normalized spacial score (nSPS) is 10.2. The lowest BCUT2D eigenvalue weighted by Crippen LogP contribution is -2.33. The minimum atomic E-state index is -0.905. The fourth-order valence-corrected chi connectivity index (χ4v) is 1.68. The van der Waals surface area contributed by atoms with E-state index in [1.54, 1.807) is 0 Å². The zero-order valence-corrected chi connectivity index (χ0v) is 12.8. The summed E-state index contributed by atoms with van der Waals surface area (Å²) in [4.78, 5) is 44.8. The molecule has 0 aliphatic rings. The van der Waals surface area contributed by atoms with Crippen molar-refractivity contribution in [2.24, 2.45) is 0 Å². The highest BCUT2D eigenvalue weighted by atomic mass is 16.2. The van der Waals surface area contributed by atoms with Crippen molar-refractivity contribution in [3.8, 4) is 0 Å². The van der Waals surface area contributed by atoms with Crippen LogP contribution in [0.1, 0.15) is 29.0 Å². The van der Waals surface area contributed by atoms with Gasteiger partial charge in [0.2, 0.25) is 12.3 Å². The minimum Gasteiger partial charge on any atom is -0.357 e. The van der Waals surface area contributed by atoms with Crippen molar-refractivity contribution in [2.45, 2.75) is 6.92 Å². The minimum absolute atomic E-state index is 0.165. The highest BCUT2D eigenvalue weighted by Crippen LogP contribution is 2.04. The Morgan fingerprint density at radius 3 is 1.78 bits per heavy atom. The summed E-state index contributed by atoms with van der Waals surface area (Å²) in [5.41, 5.74) is 0.776. The van der Waals surface area contributed by atoms with Gasteiger partial charge in [-0.05, 0) is 24.3 Å². The molecule has 1 aromatic rings. The molecule has 8 heteroatoms. The van der Waals surface area contributed by atoms with Gasteiger partial charge < -0.3 is 21.3 Å². The van der Waals surface area contributed by atoms with Crippen LogP contribution in [0.25, 0.3) is 0 Å². The van der Waals surface area contributed by atoms with Gasteiger partial charge in [0.05, 0.1) is 0 Å². The van der Waals surface area contributed by atoms with Crippen LogP contribution in [0.5, 0.6) is 0 Å². The van der Waals surface area contributed by atoms with E-state index in [1.165, 1.54) is 31.2 Å². The van der Waals surface area contributed by atoms with Crippen LogP contribution >= 0.6 is 0 Å². The van der Waals surface area contributed by atoms with E-state index < -0.39 is 6.39 Å². The van der Waals surface area contributed by atoms with E-state index in [2.05, 4.69) is 21.3 Å². The molecule has 0 radical (unpaired) electrons. The first-order valence-corrected chi connectivity index (χ1v) is 7.05. The number of hydrogen-bond donors (Lipinski definition) is 4. The molecule has 0 atom stereocenters. The first-order valence-electron chi connectivity index (χ1n) is 7.55. The summed E-state index contributed by atoms with van der Waals surface area (Å²) >= 11 is 0. The molecular formula is C15H20N4O4. The summed E-state index contributed by atoms with van der Waals surface area (Å²) in [6.07, 6.45) is -0.905. The van der Waals surface area contributed by atoms with Crippen molar-refractivity contribution in [2.75, 3.05) is 26.2 Å². The molecule has 1 rings (SSSR count). The molecule has 0 heterocycles. The number of nitrogens with one attached hydrogen (secondary N) is 4. The maximum atomic E-state index is 11.9. The van der Waals surface area contributed by atoms with Gasteiger partial charge in [0, 0.05) is 44.2 Å². The Labute approximate surface area is 135 Å². The Bertz CT molecular complexity index is 551. The molecule has 0 unspecified atom stereocenters. The van der Waals surface area contributed by atoms with Crippen LogP contribution in [0.4, 0.5) is 0 Å². The van der Waals surface area contributed by atoms with E-state index in [1.807, 2.05) is 0 Å². The highest BCUT2D eigenvalue weighted by Gasteiger charge is 2.08. The van der Waals surface area contributed by atoms with Crippen molar-refractivity contribution in [3.63, 3.8) is 0 Å². The Hall–Kier alpha value is -2.90. The predicted molar refractivity (Wildman–Crippen MR) is 83.9 cm³/mol. The molecule has 0 aliphatic heterocycles. The third kappa shape index (κ3) is 7.07. The van der Waals surface area contributed by atoms with Crippen molar-refractivity contribution < 1.29 is 20.5 Å². The molecule has 23 heavy (non-hydrogen) atoms. The molecule has 0 saturated heterocycles. The Balaban J connectivity index is 2.41. The van der Waals surface area contributed by atoms with Crippen LogP contribution < -0.4 is 21.3 Å². The lowest BCUT2D eigenvalue weighted by molar-refractivity contribution is -0.119. The number of rotatable bonds is 8. The summed E-state index contributed by atoms with van der Waals surface area (Å²) in [5, 5.41) is 10.0. The van der Waals surface area contributed by atoms with Crippen LogP contribution in [-0.2, 0) is 9.59 Å². The summed E-state index contributed by atoms with van der Waals surface area (Å²) < 4.78 is 6.65. The lowest BCUT2D eigenvalue weighted by atomic mass is 10.1. The van der Waals surface area contributed by atoms with Gasteiger partial charge in [0.25, 0.3) is 11.8 Å². The van der Waals surface area contributed by atoms with Gasteiger partial charge in [-0.25, -0.2) is 0 Å². The fourth-order valence-electron chi connectivity index (χ4n) is 1.68. The third-order valence-corrected chi connectivity index (χ3v) is 2.80. The second kappa shape index (κ2) is 9.93. The molecule has 0 bridgehead atoms. The maximum absolute atomic E-state index is 11.9. The van der Waals surface area contributed by atoms with Gasteiger partial charge in [-0.1, -0.05) is 0 Å². The molecule has 124 valence electrons. The van der Waals surface area contributed by atoms with E-state index in [4.69, 9.17) is 1.37 Å². The molecular weight excluding hydrogens is 300 g/mol. The fraction of sp³-hybridized carbons (Fsp3) is 0.333. The Morgan fingerprint density at radius 1 is 0.913 bits per heavy atom. The number of carbonyl (C=O) groups excluding carboxylic acids is 4. The van der Waals surface area contributed by atoms with Crippen molar-refractivity contribution >= 4 is 24.1 Å². The van der Waals surface area contributed by atoms with Crippen LogP contribution in [0, 0.1) is 0 Å². The van der Waals surface area contributed by atoms with Crippen molar-refractivity contribution in [1.29, 1.82) is 0 Å². The van der Waals surface area contributed by atoms with E-state index in [0.717, 1.165) is 0 Å². The van der Waals surface area contributed by atoms with E-state index in [0.29, 0.717) is 24.2 Å². The van der Waals surface area contributed by atoms with Gasteiger partial charge >= 0.3 is 0 Å². The molecule has 1 aromatic carbocycles. The molecule has 8 nitrogen and oxygen atoms in total. The standard InChI is InChI=1S/C15H20N4O4/c1-11(21)17-8-9-19-15(23)13-4-2-12(3-5-13)14(22)18-7-6-16-10-20/h2-5,10H,6-9H2,1H3,(H,16,20)(H,17,21)(H,18,22)(H,19,23)/i10D. The van der Waals surface area contributed by atoms with Crippen LogP contribution in [0.2, 0.25) is 0 Å². The smallest absolute Gasteiger partial charge is 0.251 e. The first kappa shape index (κ1) is 16.5. The second-order valence-electron chi connectivity index (χ2n) is 4.60. The summed E-state index contributed by atoms with van der Waals surface area (Å²) in [6.45, 7) is 2.42. The van der Waals surface area contributed by atoms with Gasteiger partial charge in [-0.2, -0.15) is 0 Å². The van der Waals surface area contributed by atoms with Gasteiger partial charge in [0.15, 0.2) is 0 Å². The second-order valence-corrected chi connectivity index (χ2v) is 4.60. The van der Waals surface area contributed by atoms with Crippen molar-refractivity contribution in [1.82, 2.24) is 21.3 Å². The monoisotopic (exact) mass is 321 g/mol. The Morgan fingerprint density at radius 2 is 1.35 bits per heavy atom. The maximum Gasteiger partial charge on any atom is 0.251 e. The predicted octanol–water partition coefficient (Wildman–Crippen LogP) is -0.972. The highest BCUT2D eigenvalue weighted by molar-refractivity contribution is 5.97. The zero-order valence-electron chi connectivity index (χ0n) is 13.8. The van der Waals surface area contributed by atoms with Gasteiger partial charge in [-0.3, -0.25) is 19.2 Å². The van der Waals surface area contributed by atoms with Crippen LogP contribution in [0.3, 0.4) is 0 Å². The molecule has 0 aromatic heterocycles. The van der Waals surface area contributed by atoms with Gasteiger partial charge in [0.1, 0.15) is 1.37 Å². The van der Waals surface area contributed by atoms with Crippen LogP contribution in [0.15, 0.2) is 24.3 Å². The average molecular weight is 321 g/mol. The molecule has 0 aliphatic carbocycles.